The Morgan fingerprint density at radius 1 is 1.03 bits per heavy atom. The highest BCUT2D eigenvalue weighted by atomic mass is 32.1. The van der Waals surface area contributed by atoms with Gasteiger partial charge in [0.1, 0.15) is 11.5 Å². The molecule has 0 aliphatic carbocycles. The zero-order chi connectivity index (χ0) is 19.8. The van der Waals surface area contributed by atoms with Crippen molar-refractivity contribution in [3.8, 4) is 23.0 Å². The molecular weight excluding hydrogens is 388 g/mol. The number of nitrogens with zero attached hydrogens (tertiary/aromatic N) is 2. The van der Waals surface area contributed by atoms with Gasteiger partial charge in [0, 0.05) is 19.2 Å². The number of ether oxygens (including phenoxy) is 3. The Bertz CT molecular complexity index is 1290. The summed E-state index contributed by atoms with van der Waals surface area (Å²) in [6.07, 6.45) is 0. The lowest BCUT2D eigenvalue weighted by atomic mass is 10.2. The number of rotatable bonds is 3. The Balaban J connectivity index is 1.54. The minimum absolute atomic E-state index is 0.226. The molecule has 0 radical (unpaired) electrons. The summed E-state index contributed by atoms with van der Waals surface area (Å²) in [6.45, 7) is 0.226. The van der Waals surface area contributed by atoms with Gasteiger partial charge in [0.05, 0.1) is 15.8 Å². The van der Waals surface area contributed by atoms with E-state index in [1.807, 2.05) is 60.1 Å². The topological polar surface area (TPSA) is 62.1 Å². The second-order valence-corrected chi connectivity index (χ2v) is 7.45. The molecule has 7 heteroatoms. The second kappa shape index (κ2) is 7.10. The van der Waals surface area contributed by atoms with E-state index in [4.69, 9.17) is 14.2 Å². The summed E-state index contributed by atoms with van der Waals surface area (Å²) in [6, 6.07) is 20.3. The lowest BCUT2D eigenvalue weighted by molar-refractivity contribution is 0.0995. The van der Waals surface area contributed by atoms with Crippen LogP contribution in [0.2, 0.25) is 0 Å². The molecule has 2 heterocycles. The molecule has 1 aromatic heterocycles. The molecule has 0 saturated carbocycles. The Morgan fingerprint density at radius 2 is 1.76 bits per heavy atom. The van der Waals surface area contributed by atoms with Crippen LogP contribution in [-0.2, 0) is 7.05 Å². The fourth-order valence-electron chi connectivity index (χ4n) is 3.12. The molecule has 1 aliphatic heterocycles. The standard InChI is InChI=1S/C22H16N2O4S/c1-24-16-11-18-19(27-13-26-18)12-20(16)29-22(24)23-21(25)15-9-5-6-10-17(15)28-14-7-3-2-4-8-14/h2-12H,13H2,1H3. The smallest absolute Gasteiger partial charge is 0.283 e. The van der Waals surface area contributed by atoms with Crippen LogP contribution in [0.25, 0.3) is 10.2 Å². The maximum Gasteiger partial charge on any atom is 0.283 e. The number of carbonyl (C=O) groups excluding carboxylic acids is 1. The molecule has 1 amide bonds. The lowest BCUT2D eigenvalue weighted by Gasteiger charge is -2.08. The first-order valence-corrected chi connectivity index (χ1v) is 9.81. The Morgan fingerprint density at radius 3 is 2.59 bits per heavy atom. The second-order valence-electron chi connectivity index (χ2n) is 6.45. The monoisotopic (exact) mass is 404 g/mol. The van der Waals surface area contributed by atoms with Crippen molar-refractivity contribution < 1.29 is 19.0 Å². The molecule has 0 fully saturated rings. The highest BCUT2D eigenvalue weighted by Crippen LogP contribution is 2.36. The van der Waals surface area contributed by atoms with E-state index in [9.17, 15) is 4.79 Å². The van der Waals surface area contributed by atoms with Crippen LogP contribution in [0.5, 0.6) is 23.0 Å². The number of amides is 1. The largest absolute Gasteiger partial charge is 0.457 e. The van der Waals surface area contributed by atoms with Crippen molar-refractivity contribution in [3.63, 3.8) is 0 Å². The van der Waals surface area contributed by atoms with Gasteiger partial charge >= 0.3 is 0 Å². The number of aryl methyl sites for hydroxylation is 1. The third kappa shape index (κ3) is 3.25. The third-order valence-electron chi connectivity index (χ3n) is 4.59. The number of para-hydroxylation sites is 2. The van der Waals surface area contributed by atoms with Crippen LogP contribution < -0.4 is 19.0 Å². The summed E-state index contributed by atoms with van der Waals surface area (Å²) < 4.78 is 19.6. The first-order chi connectivity index (χ1) is 14.2. The Hall–Kier alpha value is -3.58. The molecule has 0 spiro atoms. The summed E-state index contributed by atoms with van der Waals surface area (Å²) in [7, 11) is 1.87. The molecule has 29 heavy (non-hydrogen) atoms. The van der Waals surface area contributed by atoms with Crippen molar-refractivity contribution in [1.82, 2.24) is 4.57 Å². The molecule has 144 valence electrons. The number of fused-ring (bicyclic) bond motifs is 2. The number of aromatic nitrogens is 1. The highest BCUT2D eigenvalue weighted by Gasteiger charge is 2.18. The van der Waals surface area contributed by atoms with Crippen LogP contribution in [0.15, 0.2) is 71.7 Å². The van der Waals surface area contributed by atoms with Crippen LogP contribution >= 0.6 is 11.3 Å². The van der Waals surface area contributed by atoms with E-state index in [1.54, 1.807) is 18.2 Å². The van der Waals surface area contributed by atoms with Crippen LogP contribution in [0.4, 0.5) is 0 Å². The normalized spacial score (nSPS) is 13.1. The Kier molecular flexibility index (Phi) is 4.29. The zero-order valence-corrected chi connectivity index (χ0v) is 16.3. The molecule has 0 atom stereocenters. The molecule has 5 rings (SSSR count). The predicted octanol–water partition coefficient (Wildman–Crippen LogP) is 4.50. The van der Waals surface area contributed by atoms with Gasteiger partial charge in [-0.15, -0.1) is 0 Å². The van der Waals surface area contributed by atoms with Gasteiger partial charge < -0.3 is 18.8 Å². The first kappa shape index (κ1) is 17.5. The maximum atomic E-state index is 13.0. The van der Waals surface area contributed by atoms with E-state index in [0.29, 0.717) is 33.4 Å². The van der Waals surface area contributed by atoms with E-state index in [-0.39, 0.29) is 12.7 Å². The van der Waals surface area contributed by atoms with Crippen molar-refractivity contribution in [1.29, 1.82) is 0 Å². The summed E-state index contributed by atoms with van der Waals surface area (Å²) in [5, 5.41) is 0. The summed E-state index contributed by atoms with van der Waals surface area (Å²) in [5.41, 5.74) is 1.34. The van der Waals surface area contributed by atoms with Gasteiger partial charge in [-0.2, -0.15) is 4.99 Å². The minimum atomic E-state index is -0.362. The molecule has 6 nitrogen and oxygen atoms in total. The third-order valence-corrected chi connectivity index (χ3v) is 5.68. The van der Waals surface area contributed by atoms with E-state index >= 15 is 0 Å². The van der Waals surface area contributed by atoms with Gasteiger partial charge in [-0.25, -0.2) is 0 Å². The molecule has 0 bridgehead atoms. The number of thiazole rings is 1. The van der Waals surface area contributed by atoms with Crippen molar-refractivity contribution >= 4 is 27.5 Å². The van der Waals surface area contributed by atoms with Crippen molar-refractivity contribution in [3.05, 3.63) is 77.1 Å². The van der Waals surface area contributed by atoms with Crippen molar-refractivity contribution in [2.45, 2.75) is 0 Å². The molecule has 0 unspecified atom stereocenters. The van der Waals surface area contributed by atoms with E-state index in [2.05, 4.69) is 4.99 Å². The molecule has 0 saturated heterocycles. The van der Waals surface area contributed by atoms with Crippen LogP contribution in [-0.4, -0.2) is 17.3 Å². The fourth-order valence-corrected chi connectivity index (χ4v) is 4.15. The van der Waals surface area contributed by atoms with Gasteiger partial charge in [0.15, 0.2) is 16.3 Å². The minimum Gasteiger partial charge on any atom is -0.457 e. The average Bonchev–Trinajstić information content (AvgIpc) is 3.32. The average molecular weight is 404 g/mol. The van der Waals surface area contributed by atoms with Gasteiger partial charge in [0.25, 0.3) is 5.91 Å². The van der Waals surface area contributed by atoms with E-state index < -0.39 is 0 Å². The lowest BCUT2D eigenvalue weighted by Crippen LogP contribution is -2.13. The van der Waals surface area contributed by atoms with Crippen LogP contribution in [0, 0.1) is 0 Å². The van der Waals surface area contributed by atoms with Gasteiger partial charge in [-0.3, -0.25) is 4.79 Å². The zero-order valence-electron chi connectivity index (χ0n) is 15.5. The fraction of sp³-hybridized carbons (Fsp3) is 0.0909. The molecular formula is C22H16N2O4S. The highest BCUT2D eigenvalue weighted by molar-refractivity contribution is 7.16. The van der Waals surface area contributed by atoms with Crippen LogP contribution in [0.1, 0.15) is 10.4 Å². The summed E-state index contributed by atoms with van der Waals surface area (Å²) >= 11 is 1.42. The van der Waals surface area contributed by atoms with Crippen molar-refractivity contribution in [2.75, 3.05) is 6.79 Å². The van der Waals surface area contributed by atoms with Gasteiger partial charge in [0.2, 0.25) is 6.79 Å². The summed E-state index contributed by atoms with van der Waals surface area (Å²) in [4.78, 5) is 17.9. The van der Waals surface area contributed by atoms with Gasteiger partial charge in [-0.1, -0.05) is 41.7 Å². The Labute approximate surface area is 170 Å². The quantitative estimate of drug-likeness (QED) is 0.504. The number of carbonyl (C=O) groups is 1. The predicted molar refractivity (Wildman–Crippen MR) is 110 cm³/mol. The summed E-state index contributed by atoms with van der Waals surface area (Å²) in [5.74, 6) is 2.18. The van der Waals surface area contributed by atoms with Crippen LogP contribution in [0.3, 0.4) is 0 Å². The number of benzene rings is 3. The number of hydrogen-bond acceptors (Lipinski definition) is 5. The molecule has 4 aromatic rings. The van der Waals surface area contributed by atoms with Crippen molar-refractivity contribution in [2.24, 2.45) is 12.0 Å². The molecule has 0 N–H and O–H groups in total. The molecule has 1 aliphatic rings. The van der Waals surface area contributed by atoms with E-state index in [1.165, 1.54) is 11.3 Å². The maximum absolute atomic E-state index is 13.0. The SMILES string of the molecule is Cn1c(=NC(=O)c2ccccc2Oc2ccccc2)sc2cc3c(cc21)OCO3. The number of hydrogen-bond donors (Lipinski definition) is 0. The van der Waals surface area contributed by atoms with Gasteiger partial charge in [-0.05, 0) is 24.3 Å². The molecule has 3 aromatic carbocycles. The first-order valence-electron chi connectivity index (χ1n) is 8.99. The van der Waals surface area contributed by atoms with E-state index in [0.717, 1.165) is 10.2 Å².